The summed E-state index contributed by atoms with van der Waals surface area (Å²) in [6.45, 7) is 2.69. The van der Waals surface area contributed by atoms with Crippen LogP contribution < -0.4 is 5.32 Å². The van der Waals surface area contributed by atoms with Crippen LogP contribution in [0.1, 0.15) is 6.92 Å². The highest BCUT2D eigenvalue weighted by Gasteiger charge is 2.30. The predicted molar refractivity (Wildman–Crippen MR) is 89.0 cm³/mol. The van der Waals surface area contributed by atoms with Crippen molar-refractivity contribution in [2.45, 2.75) is 17.3 Å². The maximum atomic E-state index is 12.4. The minimum atomic E-state index is -0.410. The summed E-state index contributed by atoms with van der Waals surface area (Å²) >= 11 is 7.23. The highest BCUT2D eigenvalue weighted by molar-refractivity contribution is 8.00. The van der Waals surface area contributed by atoms with E-state index in [1.165, 1.54) is 16.7 Å². The van der Waals surface area contributed by atoms with Crippen molar-refractivity contribution in [3.05, 3.63) is 41.7 Å². The van der Waals surface area contributed by atoms with Crippen LogP contribution in [0.15, 0.2) is 41.8 Å². The lowest BCUT2D eigenvalue weighted by molar-refractivity contribution is -0.126. The van der Waals surface area contributed by atoms with Crippen LogP contribution in [-0.4, -0.2) is 44.7 Å². The average molecular weight is 351 g/mol. The van der Waals surface area contributed by atoms with E-state index in [0.29, 0.717) is 23.3 Å². The molecule has 8 heteroatoms. The van der Waals surface area contributed by atoms with Gasteiger partial charge in [-0.2, -0.15) is 0 Å². The minimum Gasteiger partial charge on any atom is -0.336 e. The van der Waals surface area contributed by atoms with Crippen LogP contribution in [-0.2, 0) is 4.79 Å². The van der Waals surface area contributed by atoms with Crippen molar-refractivity contribution in [2.24, 2.45) is 0 Å². The van der Waals surface area contributed by atoms with Crippen LogP contribution in [0, 0.1) is 0 Å². The van der Waals surface area contributed by atoms with Crippen LogP contribution in [0.25, 0.3) is 5.69 Å². The van der Waals surface area contributed by atoms with Gasteiger partial charge >= 0.3 is 6.03 Å². The molecule has 1 aromatic carbocycles. The molecule has 0 saturated carbocycles. The Balaban J connectivity index is 1.76. The summed E-state index contributed by atoms with van der Waals surface area (Å²) in [5.74, 6) is -0.212. The molecule has 0 unspecified atom stereocenters. The number of amides is 3. The van der Waals surface area contributed by atoms with E-state index < -0.39 is 5.25 Å². The Kier molecular flexibility index (Phi) is 4.58. The van der Waals surface area contributed by atoms with Crippen molar-refractivity contribution in [3.63, 3.8) is 0 Å². The average Bonchev–Trinajstić information content (AvgIpc) is 3.16. The van der Waals surface area contributed by atoms with Crippen LogP contribution >= 0.6 is 23.4 Å². The van der Waals surface area contributed by atoms with Crippen molar-refractivity contribution >= 4 is 35.3 Å². The Labute approximate surface area is 142 Å². The topological polar surface area (TPSA) is 67.2 Å². The third-order valence-electron chi connectivity index (χ3n) is 3.46. The number of nitrogens with one attached hydrogen (secondary N) is 1. The quantitative estimate of drug-likeness (QED) is 0.860. The van der Waals surface area contributed by atoms with Crippen LogP contribution in [0.3, 0.4) is 0 Å². The molecular weight excluding hydrogens is 336 g/mol. The number of imide groups is 1. The number of hydrogen-bond acceptors (Lipinski definition) is 4. The summed E-state index contributed by atoms with van der Waals surface area (Å²) in [7, 11) is 0. The predicted octanol–water partition coefficient (Wildman–Crippen LogP) is 2.56. The summed E-state index contributed by atoms with van der Waals surface area (Å²) < 4.78 is 1.88. The van der Waals surface area contributed by atoms with Gasteiger partial charge in [0.15, 0.2) is 5.16 Å². The second-order valence-corrected chi connectivity index (χ2v) is 6.78. The van der Waals surface area contributed by atoms with Crippen LogP contribution in [0.5, 0.6) is 0 Å². The molecule has 1 saturated heterocycles. The van der Waals surface area contributed by atoms with Gasteiger partial charge in [-0.1, -0.05) is 23.4 Å². The van der Waals surface area contributed by atoms with Gasteiger partial charge in [-0.15, -0.1) is 0 Å². The van der Waals surface area contributed by atoms with E-state index in [1.807, 2.05) is 22.9 Å². The summed E-state index contributed by atoms with van der Waals surface area (Å²) in [5, 5.41) is 3.57. The fraction of sp³-hybridized carbons (Fsp3) is 0.267. The number of benzene rings is 1. The number of thioether (sulfide) groups is 1. The number of imidazole rings is 1. The Bertz CT molecular complexity index is 731. The lowest BCUT2D eigenvalue weighted by atomic mass is 10.3. The number of hydrogen-bond donors (Lipinski definition) is 1. The van der Waals surface area contributed by atoms with Gasteiger partial charge in [-0.25, -0.2) is 9.78 Å². The van der Waals surface area contributed by atoms with Gasteiger partial charge < -0.3 is 5.32 Å². The zero-order chi connectivity index (χ0) is 16.4. The molecule has 0 bridgehead atoms. The number of aromatic nitrogens is 2. The number of urea groups is 1. The standard InChI is InChI=1S/C15H15ClN4O2S/c1-10(13(21)20-9-6-17-14(20)22)23-15-18-7-8-19(15)12-4-2-11(16)3-5-12/h2-5,7-8,10H,6,9H2,1H3,(H,17,22)/t10-/m1/s1. The smallest absolute Gasteiger partial charge is 0.324 e. The van der Waals surface area contributed by atoms with Gasteiger partial charge in [-0.05, 0) is 31.2 Å². The summed E-state index contributed by atoms with van der Waals surface area (Å²) in [5.41, 5.74) is 0.910. The maximum Gasteiger partial charge on any atom is 0.324 e. The Hall–Kier alpha value is -1.99. The number of carbonyl (C=O) groups is 2. The molecule has 1 N–H and O–H groups in total. The zero-order valence-corrected chi connectivity index (χ0v) is 14.0. The van der Waals surface area contributed by atoms with E-state index in [4.69, 9.17) is 11.6 Å². The van der Waals surface area contributed by atoms with Gasteiger partial charge in [0.1, 0.15) is 0 Å². The lowest BCUT2D eigenvalue weighted by Gasteiger charge is -2.17. The van der Waals surface area contributed by atoms with Crippen LogP contribution in [0.2, 0.25) is 5.02 Å². The molecule has 2 aromatic rings. The fourth-order valence-corrected chi connectivity index (χ4v) is 3.36. The summed E-state index contributed by atoms with van der Waals surface area (Å²) in [6.07, 6.45) is 3.50. The number of rotatable bonds is 4. The minimum absolute atomic E-state index is 0.212. The largest absolute Gasteiger partial charge is 0.336 e. The van der Waals surface area contributed by atoms with Crippen molar-refractivity contribution in [1.82, 2.24) is 19.8 Å². The van der Waals surface area contributed by atoms with Crippen molar-refractivity contribution < 1.29 is 9.59 Å². The van der Waals surface area contributed by atoms with Gasteiger partial charge in [0.25, 0.3) is 0 Å². The van der Waals surface area contributed by atoms with E-state index >= 15 is 0 Å². The zero-order valence-electron chi connectivity index (χ0n) is 12.4. The molecule has 6 nitrogen and oxygen atoms in total. The number of halogens is 1. The molecule has 0 aliphatic carbocycles. The molecule has 23 heavy (non-hydrogen) atoms. The number of nitrogens with zero attached hydrogens (tertiary/aromatic N) is 3. The third-order valence-corrected chi connectivity index (χ3v) is 4.78. The monoisotopic (exact) mass is 350 g/mol. The molecule has 1 fully saturated rings. The van der Waals surface area contributed by atoms with E-state index in [9.17, 15) is 9.59 Å². The van der Waals surface area contributed by atoms with Gasteiger partial charge in [-0.3, -0.25) is 14.3 Å². The Morgan fingerprint density at radius 2 is 2.13 bits per heavy atom. The molecule has 2 heterocycles. The molecule has 120 valence electrons. The molecule has 3 amide bonds. The fourth-order valence-electron chi connectivity index (χ4n) is 2.29. The normalized spacial score (nSPS) is 15.6. The first-order chi connectivity index (χ1) is 11.1. The van der Waals surface area contributed by atoms with Crippen molar-refractivity contribution in [1.29, 1.82) is 0 Å². The molecule has 0 spiro atoms. The Morgan fingerprint density at radius 3 is 2.78 bits per heavy atom. The second kappa shape index (κ2) is 6.64. The molecule has 1 aliphatic heterocycles. The Morgan fingerprint density at radius 1 is 1.39 bits per heavy atom. The first-order valence-electron chi connectivity index (χ1n) is 7.11. The molecule has 1 aromatic heterocycles. The van der Waals surface area contributed by atoms with E-state index in [0.717, 1.165) is 5.69 Å². The third kappa shape index (κ3) is 3.35. The van der Waals surface area contributed by atoms with Gasteiger partial charge in [0, 0.05) is 36.2 Å². The lowest BCUT2D eigenvalue weighted by Crippen LogP contribution is -2.39. The van der Waals surface area contributed by atoms with Crippen molar-refractivity contribution in [3.8, 4) is 5.69 Å². The van der Waals surface area contributed by atoms with E-state index in [-0.39, 0.29) is 11.9 Å². The molecule has 0 radical (unpaired) electrons. The highest BCUT2D eigenvalue weighted by Crippen LogP contribution is 2.26. The molecule has 3 rings (SSSR count). The van der Waals surface area contributed by atoms with E-state index in [2.05, 4.69) is 10.3 Å². The first-order valence-corrected chi connectivity index (χ1v) is 8.37. The summed E-state index contributed by atoms with van der Waals surface area (Å²) in [6, 6.07) is 7.04. The molecule has 1 atom stereocenters. The molecule has 1 aliphatic rings. The van der Waals surface area contributed by atoms with Gasteiger partial charge in [0.05, 0.1) is 5.25 Å². The second-order valence-electron chi connectivity index (χ2n) is 5.04. The van der Waals surface area contributed by atoms with Gasteiger partial charge in [0.2, 0.25) is 5.91 Å². The van der Waals surface area contributed by atoms with Crippen molar-refractivity contribution in [2.75, 3.05) is 13.1 Å². The highest BCUT2D eigenvalue weighted by atomic mass is 35.5. The SMILES string of the molecule is C[C@@H](Sc1nccn1-c1ccc(Cl)cc1)C(=O)N1CCNC1=O. The van der Waals surface area contributed by atoms with Crippen LogP contribution in [0.4, 0.5) is 4.79 Å². The van der Waals surface area contributed by atoms with E-state index in [1.54, 1.807) is 25.3 Å². The number of carbonyl (C=O) groups excluding carboxylic acids is 2. The first kappa shape index (κ1) is 15.9. The summed E-state index contributed by atoms with van der Waals surface area (Å²) in [4.78, 5) is 29.5. The maximum absolute atomic E-state index is 12.4. The molecular formula is C15H15ClN4O2S.